The molecule has 0 radical (unpaired) electrons. The minimum absolute atomic E-state index is 0.164. The first-order chi connectivity index (χ1) is 18.1. The van der Waals surface area contributed by atoms with Gasteiger partial charge in [0.1, 0.15) is 6.10 Å². The highest BCUT2D eigenvalue weighted by Gasteiger charge is 2.26. The highest BCUT2D eigenvalue weighted by molar-refractivity contribution is 5.76. The summed E-state index contributed by atoms with van der Waals surface area (Å²) in [6, 6.07) is -0.810. The van der Waals surface area contributed by atoms with Gasteiger partial charge < -0.3 is 20.6 Å². The van der Waals surface area contributed by atoms with E-state index in [-0.39, 0.29) is 12.5 Å². The summed E-state index contributed by atoms with van der Waals surface area (Å²) in [5, 5.41) is 33.1. The maximum atomic E-state index is 12.3. The van der Waals surface area contributed by atoms with E-state index < -0.39 is 18.2 Å². The van der Waals surface area contributed by atoms with Crippen LogP contribution in [-0.4, -0.2) is 46.1 Å². The van der Waals surface area contributed by atoms with E-state index in [9.17, 15) is 20.1 Å². The van der Waals surface area contributed by atoms with Crippen molar-refractivity contribution in [3.63, 3.8) is 0 Å². The smallest absolute Gasteiger partial charge is 0.220 e. The summed E-state index contributed by atoms with van der Waals surface area (Å²) in [4.78, 5) is 12.3. The lowest BCUT2D eigenvalue weighted by molar-refractivity contribution is -0.124. The minimum Gasteiger partial charge on any atom is -0.394 e. The van der Waals surface area contributed by atoms with Crippen molar-refractivity contribution in [3.8, 4) is 0 Å². The number of rotatable bonds is 28. The highest BCUT2D eigenvalue weighted by Crippen LogP contribution is 2.14. The zero-order valence-electron chi connectivity index (χ0n) is 24.6. The molecule has 0 aromatic carbocycles. The fraction of sp³-hybridized carbons (Fsp3) is 0.906. The fourth-order valence-electron chi connectivity index (χ4n) is 4.80. The van der Waals surface area contributed by atoms with E-state index in [2.05, 4.69) is 31.3 Å². The Balaban J connectivity index is 3.78. The van der Waals surface area contributed by atoms with Crippen LogP contribution in [0.3, 0.4) is 0 Å². The van der Waals surface area contributed by atoms with Crippen molar-refractivity contribution < 1.29 is 20.1 Å². The van der Waals surface area contributed by atoms with Crippen molar-refractivity contribution in [3.05, 3.63) is 12.2 Å². The number of hydrogen-bond acceptors (Lipinski definition) is 4. The second-order valence-corrected chi connectivity index (χ2v) is 11.0. The van der Waals surface area contributed by atoms with Crippen LogP contribution in [0.1, 0.15) is 162 Å². The van der Waals surface area contributed by atoms with Crippen molar-refractivity contribution in [1.29, 1.82) is 0 Å². The van der Waals surface area contributed by atoms with Gasteiger partial charge in [0.2, 0.25) is 5.91 Å². The Morgan fingerprint density at radius 3 is 1.57 bits per heavy atom. The van der Waals surface area contributed by atoms with Crippen molar-refractivity contribution >= 4 is 5.91 Å². The summed E-state index contributed by atoms with van der Waals surface area (Å²) >= 11 is 0. The van der Waals surface area contributed by atoms with Crippen LogP contribution in [0.4, 0.5) is 0 Å². The number of aliphatic hydroxyl groups is 3. The molecule has 0 aliphatic rings. The molecule has 4 N–H and O–H groups in total. The van der Waals surface area contributed by atoms with Crippen LogP contribution >= 0.6 is 0 Å². The molecular weight excluding hydrogens is 462 g/mol. The molecule has 0 saturated carbocycles. The lowest BCUT2D eigenvalue weighted by atomic mass is 9.99. The molecule has 0 heterocycles. The van der Waals surface area contributed by atoms with E-state index in [1.54, 1.807) is 0 Å². The molecule has 0 rings (SSSR count). The second-order valence-electron chi connectivity index (χ2n) is 11.0. The SMILES string of the molecule is CCCCCCCC/C=C\CCCCCC(=O)NC(CO)C(O)C(O)CCCCCCCCCCCC. The molecule has 0 aliphatic carbocycles. The topological polar surface area (TPSA) is 89.8 Å². The third-order valence-electron chi connectivity index (χ3n) is 7.37. The Kier molecular flexibility index (Phi) is 27.4. The molecule has 0 aromatic heterocycles. The molecule has 3 atom stereocenters. The van der Waals surface area contributed by atoms with Crippen molar-refractivity contribution in [2.45, 2.75) is 180 Å². The number of hydrogen-bond donors (Lipinski definition) is 4. The molecule has 3 unspecified atom stereocenters. The van der Waals surface area contributed by atoms with Gasteiger partial charge in [0, 0.05) is 6.42 Å². The van der Waals surface area contributed by atoms with Crippen molar-refractivity contribution in [1.82, 2.24) is 5.32 Å². The van der Waals surface area contributed by atoms with E-state index in [4.69, 9.17) is 0 Å². The van der Waals surface area contributed by atoms with Gasteiger partial charge in [0.05, 0.1) is 18.8 Å². The van der Waals surface area contributed by atoms with Crippen LogP contribution in [0, 0.1) is 0 Å². The zero-order valence-corrected chi connectivity index (χ0v) is 24.6. The third kappa shape index (κ3) is 23.9. The average molecular weight is 526 g/mol. The molecule has 5 heteroatoms. The summed E-state index contributed by atoms with van der Waals surface area (Å²) in [6.45, 7) is 4.12. The van der Waals surface area contributed by atoms with Gasteiger partial charge in [-0.3, -0.25) is 4.79 Å². The molecule has 0 saturated heterocycles. The standard InChI is InChI=1S/C32H63NO4/c1-3-5-7-9-11-13-15-16-17-19-21-23-25-27-31(36)33-29(28-34)32(37)30(35)26-24-22-20-18-14-12-10-8-6-4-2/h16-17,29-30,32,34-35,37H,3-15,18-28H2,1-2H3,(H,33,36)/b17-16-. The number of carbonyl (C=O) groups excluding carboxylic acids is 1. The number of nitrogens with one attached hydrogen (secondary N) is 1. The molecule has 0 fully saturated rings. The lowest BCUT2D eigenvalue weighted by Gasteiger charge is -2.26. The predicted octanol–water partition coefficient (Wildman–Crippen LogP) is 7.75. The molecule has 1 amide bonds. The molecule has 5 nitrogen and oxygen atoms in total. The summed E-state index contributed by atoms with van der Waals surface area (Å²) in [6.07, 6.45) is 28.7. The maximum absolute atomic E-state index is 12.3. The number of allylic oxidation sites excluding steroid dienone is 2. The van der Waals surface area contributed by atoms with Gasteiger partial charge in [-0.25, -0.2) is 0 Å². The first-order valence-corrected chi connectivity index (χ1v) is 16.0. The Hall–Kier alpha value is -0.910. The van der Waals surface area contributed by atoms with Gasteiger partial charge >= 0.3 is 0 Å². The second kappa shape index (κ2) is 28.1. The number of amides is 1. The molecule has 37 heavy (non-hydrogen) atoms. The van der Waals surface area contributed by atoms with Crippen LogP contribution in [0.15, 0.2) is 12.2 Å². The summed E-state index contributed by atoms with van der Waals surface area (Å²) in [5.74, 6) is -0.164. The van der Waals surface area contributed by atoms with Gasteiger partial charge in [0.15, 0.2) is 0 Å². The van der Waals surface area contributed by atoms with Gasteiger partial charge in [0.25, 0.3) is 0 Å². The number of unbranched alkanes of at least 4 members (excludes halogenated alkanes) is 18. The Bertz CT molecular complexity index is 511. The molecular formula is C32H63NO4. The van der Waals surface area contributed by atoms with Crippen molar-refractivity contribution in [2.75, 3.05) is 6.61 Å². The molecule has 0 aromatic rings. The van der Waals surface area contributed by atoms with Crippen LogP contribution in [0.25, 0.3) is 0 Å². The summed E-state index contributed by atoms with van der Waals surface area (Å²) in [7, 11) is 0. The Morgan fingerprint density at radius 2 is 1.08 bits per heavy atom. The average Bonchev–Trinajstić information content (AvgIpc) is 2.90. The highest BCUT2D eigenvalue weighted by atomic mass is 16.3. The quantitative estimate of drug-likeness (QED) is 0.0621. The van der Waals surface area contributed by atoms with Crippen molar-refractivity contribution in [2.24, 2.45) is 0 Å². The Labute approximate surface area is 229 Å². The van der Waals surface area contributed by atoms with E-state index in [1.165, 1.54) is 89.9 Å². The normalized spacial score (nSPS) is 14.2. The van der Waals surface area contributed by atoms with E-state index in [1.807, 2.05) is 0 Å². The first kappa shape index (κ1) is 36.1. The summed E-state index contributed by atoms with van der Waals surface area (Å²) in [5.41, 5.74) is 0. The van der Waals surface area contributed by atoms with Crippen LogP contribution < -0.4 is 5.32 Å². The summed E-state index contributed by atoms with van der Waals surface area (Å²) < 4.78 is 0. The maximum Gasteiger partial charge on any atom is 0.220 e. The van der Waals surface area contributed by atoms with Crippen LogP contribution in [0.2, 0.25) is 0 Å². The van der Waals surface area contributed by atoms with Gasteiger partial charge in [-0.15, -0.1) is 0 Å². The number of aliphatic hydroxyl groups excluding tert-OH is 3. The fourth-order valence-corrected chi connectivity index (χ4v) is 4.80. The number of carbonyl (C=O) groups is 1. The van der Waals surface area contributed by atoms with E-state index in [0.29, 0.717) is 12.8 Å². The molecule has 0 bridgehead atoms. The predicted molar refractivity (Wildman–Crippen MR) is 158 cm³/mol. The first-order valence-electron chi connectivity index (χ1n) is 16.0. The van der Waals surface area contributed by atoms with Crippen LogP contribution in [0.5, 0.6) is 0 Å². The van der Waals surface area contributed by atoms with E-state index >= 15 is 0 Å². The monoisotopic (exact) mass is 525 g/mol. The lowest BCUT2D eigenvalue weighted by Crippen LogP contribution is -2.50. The van der Waals surface area contributed by atoms with Crippen LogP contribution in [-0.2, 0) is 4.79 Å². The van der Waals surface area contributed by atoms with Gasteiger partial charge in [-0.05, 0) is 38.5 Å². The molecule has 220 valence electrons. The van der Waals surface area contributed by atoms with E-state index in [0.717, 1.165) is 44.9 Å². The van der Waals surface area contributed by atoms with Gasteiger partial charge in [-0.1, -0.05) is 129 Å². The zero-order chi connectivity index (χ0) is 27.4. The Morgan fingerprint density at radius 1 is 0.649 bits per heavy atom. The third-order valence-corrected chi connectivity index (χ3v) is 7.37. The molecule has 0 aliphatic heterocycles. The minimum atomic E-state index is -1.13. The molecule has 0 spiro atoms. The largest absolute Gasteiger partial charge is 0.394 e. The van der Waals surface area contributed by atoms with Gasteiger partial charge in [-0.2, -0.15) is 0 Å².